The Morgan fingerprint density at radius 1 is 0.975 bits per heavy atom. The fourth-order valence-corrected chi connectivity index (χ4v) is 6.26. The number of nitrogens with one attached hydrogen (secondary N) is 1. The zero-order valence-corrected chi connectivity index (χ0v) is 22.9. The number of hydrogen-bond acceptors (Lipinski definition) is 5. The van der Waals surface area contributed by atoms with Crippen LogP contribution in [0.15, 0.2) is 66.7 Å². The van der Waals surface area contributed by atoms with Crippen molar-refractivity contribution < 1.29 is 29.4 Å². The predicted molar refractivity (Wildman–Crippen MR) is 149 cm³/mol. The molecular formula is C30H28Cl2N2O6. The predicted octanol–water partition coefficient (Wildman–Crippen LogP) is 5.52. The number of halogens is 2. The first-order chi connectivity index (χ1) is 19.3. The average Bonchev–Trinajstić information content (AvgIpc) is 2.94. The van der Waals surface area contributed by atoms with Crippen LogP contribution in [0.25, 0.3) is 0 Å². The molecule has 2 amide bonds. The molecule has 3 N–H and O–H groups in total. The molecule has 3 aromatic carbocycles. The largest absolute Gasteiger partial charge is 0.478 e. The van der Waals surface area contributed by atoms with Crippen LogP contribution < -0.4 is 5.48 Å². The molecule has 3 aromatic rings. The first kappa shape index (κ1) is 28.1. The summed E-state index contributed by atoms with van der Waals surface area (Å²) in [7, 11) is 0. The Balaban J connectivity index is 1.53. The van der Waals surface area contributed by atoms with E-state index in [-0.39, 0.29) is 18.1 Å². The van der Waals surface area contributed by atoms with Gasteiger partial charge in [0.05, 0.1) is 36.3 Å². The Bertz CT molecular complexity index is 1450. The second-order valence-corrected chi connectivity index (χ2v) is 10.9. The molecule has 0 spiro atoms. The molecule has 8 nitrogen and oxygen atoms in total. The van der Waals surface area contributed by atoms with E-state index in [0.29, 0.717) is 45.1 Å². The minimum atomic E-state index is -1.07. The van der Waals surface area contributed by atoms with Crippen LogP contribution in [0.4, 0.5) is 0 Å². The molecule has 0 bridgehead atoms. The second-order valence-electron chi connectivity index (χ2n) is 10.1. The van der Waals surface area contributed by atoms with Crippen LogP contribution >= 0.6 is 23.2 Å². The third-order valence-electron chi connectivity index (χ3n) is 7.58. The number of fused-ring (bicyclic) bond motifs is 1. The zero-order chi connectivity index (χ0) is 28.4. The van der Waals surface area contributed by atoms with Gasteiger partial charge in [-0.2, -0.15) is 0 Å². The van der Waals surface area contributed by atoms with Gasteiger partial charge in [-0.15, -0.1) is 0 Å². The maximum atomic E-state index is 14.0. The molecule has 208 valence electrons. The number of benzene rings is 3. The summed E-state index contributed by atoms with van der Waals surface area (Å²) < 4.78 is 0. The monoisotopic (exact) mass is 582 g/mol. The number of carbonyl (C=O) groups is 3. The minimum Gasteiger partial charge on any atom is -0.478 e. The Hall–Kier alpha value is -3.43. The summed E-state index contributed by atoms with van der Waals surface area (Å²) in [4.78, 5) is 46.4. The number of aliphatic hydroxyl groups is 1. The lowest BCUT2D eigenvalue weighted by atomic mass is 9.77. The lowest BCUT2D eigenvalue weighted by molar-refractivity contribution is -0.138. The van der Waals surface area contributed by atoms with Crippen molar-refractivity contribution in [3.8, 4) is 0 Å². The van der Waals surface area contributed by atoms with E-state index >= 15 is 0 Å². The Morgan fingerprint density at radius 2 is 1.75 bits per heavy atom. The van der Waals surface area contributed by atoms with Gasteiger partial charge in [-0.05, 0) is 59.9 Å². The minimum absolute atomic E-state index is 0.0718. The van der Waals surface area contributed by atoms with Gasteiger partial charge in [0.25, 0.3) is 11.8 Å². The number of hydroxylamine groups is 1. The number of aliphatic hydroxyl groups excluding tert-OH is 1. The Kier molecular flexibility index (Phi) is 8.42. The van der Waals surface area contributed by atoms with E-state index in [1.165, 1.54) is 12.1 Å². The van der Waals surface area contributed by atoms with E-state index < -0.39 is 36.0 Å². The molecule has 40 heavy (non-hydrogen) atoms. The highest BCUT2D eigenvalue weighted by molar-refractivity contribution is 6.35. The molecule has 0 aromatic heterocycles. The van der Waals surface area contributed by atoms with Gasteiger partial charge < -0.3 is 15.1 Å². The SMILES string of the molecule is O=C(O)c1cccc(CONC(=O)[C@@H]2c3ccccc3C(=O)N([C@H]3CCCCC3O)[C@H]2c2ccc(Cl)cc2Cl)c1. The molecule has 4 atom stereocenters. The van der Waals surface area contributed by atoms with Crippen LogP contribution in [-0.2, 0) is 16.2 Å². The Labute approximate surface area is 241 Å². The van der Waals surface area contributed by atoms with Crippen molar-refractivity contribution in [1.82, 2.24) is 10.4 Å². The van der Waals surface area contributed by atoms with E-state index in [1.807, 2.05) is 0 Å². The van der Waals surface area contributed by atoms with Crippen LogP contribution in [0.3, 0.4) is 0 Å². The number of amides is 2. The first-order valence-corrected chi connectivity index (χ1v) is 13.8. The lowest BCUT2D eigenvalue weighted by Gasteiger charge is -2.48. The highest BCUT2D eigenvalue weighted by Crippen LogP contribution is 2.47. The van der Waals surface area contributed by atoms with Crippen molar-refractivity contribution in [2.45, 2.75) is 56.4 Å². The number of carboxylic acid groups (broad SMARTS) is 1. The molecule has 1 aliphatic carbocycles. The van der Waals surface area contributed by atoms with Crippen molar-refractivity contribution in [1.29, 1.82) is 0 Å². The molecule has 0 radical (unpaired) electrons. The summed E-state index contributed by atoms with van der Waals surface area (Å²) in [5.74, 6) is -2.79. The average molecular weight is 583 g/mol. The number of carboxylic acids is 1. The van der Waals surface area contributed by atoms with Crippen LogP contribution in [0.5, 0.6) is 0 Å². The highest BCUT2D eigenvalue weighted by Gasteiger charge is 2.49. The van der Waals surface area contributed by atoms with Crippen molar-refractivity contribution in [2.24, 2.45) is 0 Å². The standard InChI is InChI=1S/C30H28Cl2N2O6/c31-19-12-13-22(23(32)15-19)27-26(28(36)33-40-16-17-6-5-7-18(14-17)30(38)39)20-8-1-2-9-21(20)29(37)34(27)24-10-3-4-11-25(24)35/h1-2,5-9,12-15,24-27,35H,3-4,10-11,16H2,(H,33,36)(H,38,39)/t24-,25?,26+,27-/m0/s1. The normalized spacial score (nSPS) is 22.5. The number of carbonyl (C=O) groups excluding carboxylic acids is 2. The van der Waals surface area contributed by atoms with Gasteiger partial charge in [-0.25, -0.2) is 10.3 Å². The molecule has 1 fully saturated rings. The number of nitrogens with zero attached hydrogens (tertiary/aromatic N) is 1. The number of aromatic carboxylic acids is 1. The summed E-state index contributed by atoms with van der Waals surface area (Å²) in [5, 5.41) is 21.0. The molecular weight excluding hydrogens is 555 g/mol. The summed E-state index contributed by atoms with van der Waals surface area (Å²) in [6, 6.07) is 16.7. The summed E-state index contributed by atoms with van der Waals surface area (Å²) in [6.07, 6.45) is 2.07. The summed E-state index contributed by atoms with van der Waals surface area (Å²) >= 11 is 12.9. The molecule has 2 aliphatic rings. The van der Waals surface area contributed by atoms with Gasteiger partial charge in [0.2, 0.25) is 0 Å². The third-order valence-corrected chi connectivity index (χ3v) is 8.14. The quantitative estimate of drug-likeness (QED) is 0.316. The van der Waals surface area contributed by atoms with Gasteiger partial charge in [-0.1, -0.05) is 72.4 Å². The second kappa shape index (κ2) is 12.0. The fraction of sp³-hybridized carbons (Fsp3) is 0.300. The number of hydrogen-bond donors (Lipinski definition) is 3. The highest BCUT2D eigenvalue weighted by atomic mass is 35.5. The molecule has 5 rings (SSSR count). The molecule has 1 saturated carbocycles. The molecule has 1 heterocycles. The maximum absolute atomic E-state index is 14.0. The van der Waals surface area contributed by atoms with E-state index in [4.69, 9.17) is 28.0 Å². The Morgan fingerprint density at radius 3 is 2.50 bits per heavy atom. The third kappa shape index (κ3) is 5.58. The molecule has 0 saturated heterocycles. The first-order valence-electron chi connectivity index (χ1n) is 13.0. The van der Waals surface area contributed by atoms with Crippen LogP contribution in [0.2, 0.25) is 10.0 Å². The van der Waals surface area contributed by atoms with Crippen molar-refractivity contribution >= 4 is 41.0 Å². The lowest BCUT2D eigenvalue weighted by Crippen LogP contribution is -2.55. The molecule has 1 unspecified atom stereocenters. The van der Waals surface area contributed by atoms with Crippen LogP contribution in [0, 0.1) is 0 Å². The van der Waals surface area contributed by atoms with E-state index in [9.17, 15) is 24.6 Å². The van der Waals surface area contributed by atoms with Gasteiger partial charge in [0, 0.05) is 15.6 Å². The fourth-order valence-electron chi connectivity index (χ4n) is 5.74. The van der Waals surface area contributed by atoms with Gasteiger partial charge in [0.15, 0.2) is 0 Å². The zero-order valence-electron chi connectivity index (χ0n) is 21.4. The van der Waals surface area contributed by atoms with E-state index in [2.05, 4.69) is 5.48 Å². The van der Waals surface area contributed by atoms with Gasteiger partial charge in [-0.3, -0.25) is 14.4 Å². The maximum Gasteiger partial charge on any atom is 0.335 e. The van der Waals surface area contributed by atoms with Crippen LogP contribution in [-0.4, -0.2) is 45.0 Å². The molecule has 10 heteroatoms. The van der Waals surface area contributed by atoms with Crippen molar-refractivity contribution in [3.05, 3.63) is 105 Å². The number of rotatable bonds is 7. The van der Waals surface area contributed by atoms with E-state index in [0.717, 1.165) is 12.8 Å². The van der Waals surface area contributed by atoms with Gasteiger partial charge in [0.1, 0.15) is 0 Å². The van der Waals surface area contributed by atoms with Crippen molar-refractivity contribution in [2.75, 3.05) is 0 Å². The molecule has 1 aliphatic heterocycles. The van der Waals surface area contributed by atoms with Crippen LogP contribution in [0.1, 0.15) is 75.0 Å². The van der Waals surface area contributed by atoms with E-state index in [1.54, 1.807) is 59.5 Å². The van der Waals surface area contributed by atoms with Gasteiger partial charge >= 0.3 is 5.97 Å². The summed E-state index contributed by atoms with van der Waals surface area (Å²) in [5.41, 5.74) is 4.59. The smallest absolute Gasteiger partial charge is 0.335 e. The summed E-state index contributed by atoms with van der Waals surface area (Å²) in [6.45, 7) is -0.0718. The topological polar surface area (TPSA) is 116 Å². The van der Waals surface area contributed by atoms with Crippen molar-refractivity contribution in [3.63, 3.8) is 0 Å².